The third-order valence-corrected chi connectivity index (χ3v) is 7.19. The molecule has 0 radical (unpaired) electrons. The van der Waals surface area contributed by atoms with Gasteiger partial charge >= 0.3 is 0 Å². The monoisotopic (exact) mass is 495 g/mol. The number of aromatic nitrogens is 1. The molecule has 6 heteroatoms. The van der Waals surface area contributed by atoms with Gasteiger partial charge in [-0.2, -0.15) is 0 Å². The van der Waals surface area contributed by atoms with Crippen LogP contribution in [0, 0.1) is 6.92 Å². The number of carbonyl (C=O) groups excluding carboxylic acids is 1. The lowest BCUT2D eigenvalue weighted by Crippen LogP contribution is -2.30. The van der Waals surface area contributed by atoms with Crippen LogP contribution >= 0.6 is 11.8 Å². The van der Waals surface area contributed by atoms with Crippen molar-refractivity contribution in [3.8, 4) is 0 Å². The Kier molecular flexibility index (Phi) is 7.35. The Morgan fingerprint density at radius 2 is 1.72 bits per heavy atom. The normalized spacial score (nSPS) is 16.1. The summed E-state index contributed by atoms with van der Waals surface area (Å²) in [5.74, 6) is -0.0128. The van der Waals surface area contributed by atoms with E-state index in [2.05, 4.69) is 60.2 Å². The van der Waals surface area contributed by atoms with Crippen molar-refractivity contribution in [3.63, 3.8) is 0 Å². The standard InChI is InChI=1S/C30H29N3O2S/c1-22-13-15-23(16-14-22)20-32-21-24(26-11-6-7-12-27(26)32)19-28-29(34)33(17-8-18-35-2)30(36-28)31-25-9-4-3-5-10-25/h3-7,9-16,19,21H,8,17-18,20H2,1-2H3/b28-19-,31-30?. The minimum atomic E-state index is -0.0128. The van der Waals surface area contributed by atoms with Gasteiger partial charge in [0.25, 0.3) is 5.91 Å². The van der Waals surface area contributed by atoms with Gasteiger partial charge in [-0.05, 0) is 54.9 Å². The maximum absolute atomic E-state index is 13.5. The summed E-state index contributed by atoms with van der Waals surface area (Å²) in [6.45, 7) is 4.04. The number of amidine groups is 1. The molecule has 1 saturated heterocycles. The number of para-hydroxylation sites is 2. The van der Waals surface area contributed by atoms with Gasteiger partial charge < -0.3 is 9.30 Å². The Bertz CT molecular complexity index is 1420. The molecule has 0 atom stereocenters. The first-order valence-electron chi connectivity index (χ1n) is 12.1. The highest BCUT2D eigenvalue weighted by Crippen LogP contribution is 2.36. The molecule has 1 aromatic heterocycles. The van der Waals surface area contributed by atoms with Crippen molar-refractivity contribution < 1.29 is 9.53 Å². The molecule has 5 rings (SSSR count). The number of amides is 1. The fourth-order valence-electron chi connectivity index (χ4n) is 4.32. The smallest absolute Gasteiger partial charge is 0.266 e. The maximum atomic E-state index is 13.5. The topological polar surface area (TPSA) is 46.8 Å². The van der Waals surface area contributed by atoms with Crippen LogP contribution in [-0.4, -0.2) is 40.8 Å². The molecule has 1 aliphatic rings. The molecule has 4 aromatic rings. The molecular formula is C30H29N3O2S. The lowest BCUT2D eigenvalue weighted by molar-refractivity contribution is -0.122. The molecule has 1 fully saturated rings. The van der Waals surface area contributed by atoms with Crippen LogP contribution in [0.4, 0.5) is 5.69 Å². The molecule has 0 saturated carbocycles. The van der Waals surface area contributed by atoms with Crippen molar-refractivity contribution in [2.24, 2.45) is 4.99 Å². The van der Waals surface area contributed by atoms with E-state index in [0.717, 1.165) is 35.1 Å². The highest BCUT2D eigenvalue weighted by molar-refractivity contribution is 8.18. The molecule has 1 amide bonds. The predicted octanol–water partition coefficient (Wildman–Crippen LogP) is 6.64. The average Bonchev–Trinajstić information content (AvgIpc) is 3.38. The van der Waals surface area contributed by atoms with E-state index in [-0.39, 0.29) is 5.91 Å². The third-order valence-electron chi connectivity index (χ3n) is 6.18. The van der Waals surface area contributed by atoms with E-state index < -0.39 is 0 Å². The molecule has 5 nitrogen and oxygen atoms in total. The summed E-state index contributed by atoms with van der Waals surface area (Å²) in [6, 6.07) is 26.7. The zero-order valence-electron chi connectivity index (χ0n) is 20.6. The zero-order chi connectivity index (χ0) is 24.9. The van der Waals surface area contributed by atoms with E-state index in [1.165, 1.54) is 22.9 Å². The molecular weight excluding hydrogens is 466 g/mol. The third kappa shape index (κ3) is 5.30. The quantitative estimate of drug-likeness (QED) is 0.203. The lowest BCUT2D eigenvalue weighted by atomic mass is 10.1. The van der Waals surface area contributed by atoms with Crippen molar-refractivity contribution in [1.82, 2.24) is 9.47 Å². The van der Waals surface area contributed by atoms with E-state index in [1.54, 1.807) is 12.0 Å². The molecule has 0 spiro atoms. The van der Waals surface area contributed by atoms with Gasteiger partial charge in [-0.15, -0.1) is 0 Å². The Labute approximate surface area is 216 Å². The number of carbonyl (C=O) groups is 1. The Morgan fingerprint density at radius 1 is 0.972 bits per heavy atom. The van der Waals surface area contributed by atoms with Crippen molar-refractivity contribution in [2.75, 3.05) is 20.3 Å². The van der Waals surface area contributed by atoms with Gasteiger partial charge in [0.1, 0.15) is 0 Å². The number of hydrogen-bond donors (Lipinski definition) is 0. The van der Waals surface area contributed by atoms with Gasteiger partial charge in [0.15, 0.2) is 5.17 Å². The van der Waals surface area contributed by atoms with E-state index >= 15 is 0 Å². The Balaban J connectivity index is 1.49. The van der Waals surface area contributed by atoms with Crippen molar-refractivity contribution in [2.45, 2.75) is 19.9 Å². The first-order chi connectivity index (χ1) is 17.6. The molecule has 0 N–H and O–H groups in total. The van der Waals surface area contributed by atoms with Crippen LogP contribution in [0.25, 0.3) is 17.0 Å². The number of rotatable bonds is 8. The highest BCUT2D eigenvalue weighted by Gasteiger charge is 2.33. The highest BCUT2D eigenvalue weighted by atomic mass is 32.2. The summed E-state index contributed by atoms with van der Waals surface area (Å²) in [6.07, 6.45) is 4.91. The first-order valence-corrected chi connectivity index (χ1v) is 12.9. The van der Waals surface area contributed by atoms with Gasteiger partial charge in [0.05, 0.1) is 10.6 Å². The molecule has 1 aliphatic heterocycles. The summed E-state index contributed by atoms with van der Waals surface area (Å²) in [7, 11) is 1.68. The zero-order valence-corrected chi connectivity index (χ0v) is 21.4. The molecule has 2 heterocycles. The number of hydrogen-bond acceptors (Lipinski definition) is 4. The number of ether oxygens (including phenoxy) is 1. The van der Waals surface area contributed by atoms with Crippen molar-refractivity contribution >= 4 is 45.5 Å². The summed E-state index contributed by atoms with van der Waals surface area (Å²) in [5, 5.41) is 1.84. The maximum Gasteiger partial charge on any atom is 0.266 e. The molecule has 0 unspecified atom stereocenters. The van der Waals surface area contributed by atoms with E-state index in [9.17, 15) is 4.79 Å². The van der Waals surface area contributed by atoms with E-state index in [4.69, 9.17) is 9.73 Å². The van der Waals surface area contributed by atoms with Gasteiger partial charge in [-0.1, -0.05) is 66.2 Å². The minimum absolute atomic E-state index is 0.0128. The van der Waals surface area contributed by atoms with E-state index in [1.807, 2.05) is 42.5 Å². The lowest BCUT2D eigenvalue weighted by Gasteiger charge is -2.15. The molecule has 36 heavy (non-hydrogen) atoms. The second-order valence-electron chi connectivity index (χ2n) is 8.86. The summed E-state index contributed by atoms with van der Waals surface area (Å²) in [5.41, 5.74) is 5.51. The SMILES string of the molecule is COCCCN1C(=O)/C(=C/c2cn(Cc3ccc(C)cc3)c3ccccc23)SC1=Nc1ccccc1. The molecule has 182 valence electrons. The van der Waals surface area contributed by atoms with Gasteiger partial charge in [-0.3, -0.25) is 9.69 Å². The summed E-state index contributed by atoms with van der Waals surface area (Å²) < 4.78 is 7.47. The van der Waals surface area contributed by atoms with Crippen LogP contribution in [0.3, 0.4) is 0 Å². The molecule has 0 aliphatic carbocycles. The van der Waals surface area contributed by atoms with Gasteiger partial charge in [-0.25, -0.2) is 4.99 Å². The number of benzene rings is 3. The summed E-state index contributed by atoms with van der Waals surface area (Å²) >= 11 is 1.44. The van der Waals surface area contributed by atoms with Crippen LogP contribution in [0.2, 0.25) is 0 Å². The fraction of sp³-hybridized carbons (Fsp3) is 0.200. The van der Waals surface area contributed by atoms with Crippen molar-refractivity contribution in [3.05, 3.63) is 107 Å². The first kappa shape index (κ1) is 24.1. The van der Waals surface area contributed by atoms with Gasteiger partial charge in [0.2, 0.25) is 0 Å². The number of methoxy groups -OCH3 is 1. The number of aryl methyl sites for hydroxylation is 1. The van der Waals surface area contributed by atoms with Crippen LogP contribution in [0.15, 0.2) is 95.0 Å². The molecule has 0 bridgehead atoms. The second kappa shape index (κ2) is 11.0. The number of fused-ring (bicyclic) bond motifs is 1. The number of aliphatic imine (C=N–C) groups is 1. The predicted molar refractivity (Wildman–Crippen MR) is 150 cm³/mol. The Morgan fingerprint density at radius 3 is 2.50 bits per heavy atom. The van der Waals surface area contributed by atoms with Crippen LogP contribution in [-0.2, 0) is 16.1 Å². The Hall–Kier alpha value is -3.61. The van der Waals surface area contributed by atoms with Gasteiger partial charge in [0, 0.05) is 49.5 Å². The van der Waals surface area contributed by atoms with E-state index in [0.29, 0.717) is 23.2 Å². The largest absolute Gasteiger partial charge is 0.385 e. The van der Waals surface area contributed by atoms with Crippen LogP contribution in [0.5, 0.6) is 0 Å². The second-order valence-corrected chi connectivity index (χ2v) is 9.87. The van der Waals surface area contributed by atoms with Crippen LogP contribution < -0.4 is 0 Å². The molecule has 3 aromatic carbocycles. The number of thioether (sulfide) groups is 1. The minimum Gasteiger partial charge on any atom is -0.385 e. The average molecular weight is 496 g/mol. The van der Waals surface area contributed by atoms with Crippen LogP contribution in [0.1, 0.15) is 23.1 Å². The fourth-order valence-corrected chi connectivity index (χ4v) is 5.34. The summed E-state index contributed by atoms with van der Waals surface area (Å²) in [4.78, 5) is 20.7. The van der Waals surface area contributed by atoms with Crippen molar-refractivity contribution in [1.29, 1.82) is 0 Å². The number of nitrogens with zero attached hydrogens (tertiary/aromatic N) is 3.